The summed E-state index contributed by atoms with van der Waals surface area (Å²) >= 11 is 0. The molecule has 1 aromatic heterocycles. The van der Waals surface area contributed by atoms with E-state index < -0.39 is 0 Å². The van der Waals surface area contributed by atoms with E-state index in [0.29, 0.717) is 12.4 Å². The number of aromatic nitrogens is 1. The summed E-state index contributed by atoms with van der Waals surface area (Å²) in [5.41, 5.74) is 0.945. The molecule has 0 bridgehead atoms. The fraction of sp³-hybridized carbons (Fsp3) is 0.645. The first kappa shape index (κ1) is 29.0. The number of pyridine rings is 1. The van der Waals surface area contributed by atoms with Crippen molar-refractivity contribution in [2.75, 3.05) is 7.11 Å². The van der Waals surface area contributed by atoms with Crippen LogP contribution in [0.1, 0.15) is 115 Å². The number of methoxy groups -OCH3 is 1. The summed E-state index contributed by atoms with van der Waals surface area (Å²) in [6, 6.07) is 9.32. The van der Waals surface area contributed by atoms with E-state index in [1.54, 1.807) is 13.2 Å². The van der Waals surface area contributed by atoms with Crippen LogP contribution in [0, 0.1) is 0 Å². The number of benzene rings is 1. The predicted octanol–water partition coefficient (Wildman–Crippen LogP) is 8.70. The Morgan fingerprint density at radius 3 is 1.71 bits per heavy atom. The van der Waals surface area contributed by atoms with Gasteiger partial charge in [-0.25, -0.2) is 0 Å². The second kappa shape index (κ2) is 19.0. The van der Waals surface area contributed by atoms with Crippen molar-refractivity contribution in [1.29, 1.82) is 0 Å². The minimum absolute atomic E-state index is 0.0678. The molecular formula is C31H49NO3. The molecule has 2 rings (SSSR count). The zero-order valence-electron chi connectivity index (χ0n) is 22.4. The molecule has 35 heavy (non-hydrogen) atoms. The van der Waals surface area contributed by atoms with Gasteiger partial charge in [0.05, 0.1) is 13.3 Å². The van der Waals surface area contributed by atoms with Gasteiger partial charge in [0.1, 0.15) is 12.4 Å². The number of ether oxygens (including phenoxy) is 2. The Morgan fingerprint density at radius 2 is 1.20 bits per heavy atom. The third-order valence-corrected chi connectivity index (χ3v) is 6.77. The molecule has 0 saturated heterocycles. The molecule has 0 N–H and O–H groups in total. The topological polar surface area (TPSA) is 40.5 Å². The monoisotopic (exact) mass is 483 g/mol. The van der Waals surface area contributed by atoms with Gasteiger partial charge in [-0.2, -0.15) is 0 Å². The highest BCUT2D eigenvalue weighted by molar-refractivity contribution is 5.27. The van der Waals surface area contributed by atoms with Gasteiger partial charge in [0.2, 0.25) is 5.43 Å². The first-order valence-electron chi connectivity index (χ1n) is 14.2. The SMILES string of the molecule is CCCCCCCCCCCCCCCCCCn1ccc(=O)c(OCc2ccc(OC)cc2)c1. The number of hydrogen-bond donors (Lipinski definition) is 0. The number of unbranched alkanes of at least 4 members (excludes halogenated alkanes) is 15. The van der Waals surface area contributed by atoms with Crippen LogP contribution in [0.4, 0.5) is 0 Å². The van der Waals surface area contributed by atoms with Crippen LogP contribution in [0.3, 0.4) is 0 Å². The Bertz CT molecular complexity index is 828. The highest BCUT2D eigenvalue weighted by atomic mass is 16.5. The average molecular weight is 484 g/mol. The van der Waals surface area contributed by atoms with Crippen molar-refractivity contribution in [2.45, 2.75) is 123 Å². The molecule has 0 fully saturated rings. The quantitative estimate of drug-likeness (QED) is 0.167. The van der Waals surface area contributed by atoms with Gasteiger partial charge in [-0.1, -0.05) is 115 Å². The van der Waals surface area contributed by atoms with Gasteiger partial charge >= 0.3 is 0 Å². The molecule has 0 aliphatic heterocycles. The van der Waals surface area contributed by atoms with Gasteiger partial charge in [0.15, 0.2) is 5.75 Å². The second-order valence-corrected chi connectivity index (χ2v) is 9.85. The van der Waals surface area contributed by atoms with Crippen LogP contribution < -0.4 is 14.9 Å². The second-order valence-electron chi connectivity index (χ2n) is 9.85. The molecule has 4 heteroatoms. The van der Waals surface area contributed by atoms with Gasteiger partial charge in [-0.3, -0.25) is 4.79 Å². The van der Waals surface area contributed by atoms with Gasteiger partial charge in [0.25, 0.3) is 0 Å². The van der Waals surface area contributed by atoms with Gasteiger partial charge in [-0.05, 0) is 24.1 Å². The van der Waals surface area contributed by atoms with Crippen LogP contribution >= 0.6 is 0 Å². The minimum Gasteiger partial charge on any atom is -0.497 e. The van der Waals surface area contributed by atoms with Crippen LogP contribution in [0.5, 0.6) is 11.5 Å². The third-order valence-electron chi connectivity index (χ3n) is 6.77. The van der Waals surface area contributed by atoms with Gasteiger partial charge < -0.3 is 14.0 Å². The molecule has 2 aromatic rings. The molecule has 1 heterocycles. The molecule has 0 radical (unpaired) electrons. The molecule has 0 aliphatic rings. The van der Waals surface area contributed by atoms with E-state index in [-0.39, 0.29) is 5.43 Å². The number of rotatable bonds is 21. The van der Waals surface area contributed by atoms with Crippen molar-refractivity contribution in [2.24, 2.45) is 0 Å². The van der Waals surface area contributed by atoms with Crippen LogP contribution in [0.25, 0.3) is 0 Å². The zero-order chi connectivity index (χ0) is 25.0. The van der Waals surface area contributed by atoms with Crippen LogP contribution in [-0.2, 0) is 13.2 Å². The smallest absolute Gasteiger partial charge is 0.223 e. The van der Waals surface area contributed by atoms with E-state index >= 15 is 0 Å². The molecule has 0 spiro atoms. The number of aryl methyl sites for hydroxylation is 1. The lowest BCUT2D eigenvalue weighted by atomic mass is 10.0. The van der Waals surface area contributed by atoms with Crippen molar-refractivity contribution in [1.82, 2.24) is 4.57 Å². The Morgan fingerprint density at radius 1 is 0.686 bits per heavy atom. The zero-order valence-corrected chi connectivity index (χ0v) is 22.4. The summed E-state index contributed by atoms with van der Waals surface area (Å²) in [6.45, 7) is 3.59. The summed E-state index contributed by atoms with van der Waals surface area (Å²) < 4.78 is 13.1. The van der Waals surface area contributed by atoms with E-state index in [0.717, 1.165) is 24.3 Å². The lowest BCUT2D eigenvalue weighted by Gasteiger charge is -2.10. The summed E-state index contributed by atoms with van der Waals surface area (Å²) in [7, 11) is 1.65. The molecule has 0 saturated carbocycles. The average Bonchev–Trinajstić information content (AvgIpc) is 2.88. The summed E-state index contributed by atoms with van der Waals surface area (Å²) in [4.78, 5) is 12.2. The Kier molecular flexibility index (Phi) is 15.8. The Labute approximate surface area is 214 Å². The highest BCUT2D eigenvalue weighted by Crippen LogP contribution is 2.15. The van der Waals surface area contributed by atoms with Crippen molar-refractivity contribution >= 4 is 0 Å². The van der Waals surface area contributed by atoms with Crippen LogP contribution in [-0.4, -0.2) is 11.7 Å². The van der Waals surface area contributed by atoms with Gasteiger partial charge in [0, 0.05) is 18.8 Å². The first-order chi connectivity index (χ1) is 17.2. The van der Waals surface area contributed by atoms with Crippen molar-refractivity contribution in [3.63, 3.8) is 0 Å². The lowest BCUT2D eigenvalue weighted by Crippen LogP contribution is -2.11. The maximum Gasteiger partial charge on any atom is 0.223 e. The molecule has 0 amide bonds. The van der Waals surface area contributed by atoms with E-state index in [2.05, 4.69) is 11.5 Å². The maximum atomic E-state index is 12.2. The Hall–Kier alpha value is -2.23. The van der Waals surface area contributed by atoms with Crippen molar-refractivity contribution in [3.8, 4) is 11.5 Å². The largest absolute Gasteiger partial charge is 0.497 e. The van der Waals surface area contributed by atoms with Crippen LogP contribution in [0.15, 0.2) is 47.5 Å². The fourth-order valence-corrected chi connectivity index (χ4v) is 4.48. The van der Waals surface area contributed by atoms with Gasteiger partial charge in [-0.15, -0.1) is 0 Å². The molecule has 196 valence electrons. The summed E-state index contributed by atoms with van der Waals surface area (Å²) in [5, 5.41) is 0. The normalized spacial score (nSPS) is 11.0. The van der Waals surface area contributed by atoms with Crippen molar-refractivity contribution < 1.29 is 9.47 Å². The van der Waals surface area contributed by atoms with Crippen LogP contribution in [0.2, 0.25) is 0 Å². The van der Waals surface area contributed by atoms with E-state index in [1.165, 1.54) is 96.3 Å². The fourth-order valence-electron chi connectivity index (χ4n) is 4.48. The molecule has 0 atom stereocenters. The lowest BCUT2D eigenvalue weighted by molar-refractivity contribution is 0.299. The van der Waals surface area contributed by atoms with Crippen molar-refractivity contribution in [3.05, 3.63) is 58.5 Å². The van der Waals surface area contributed by atoms with E-state index in [4.69, 9.17) is 9.47 Å². The summed E-state index contributed by atoms with van der Waals surface area (Å²) in [5.74, 6) is 1.23. The molecule has 1 aromatic carbocycles. The first-order valence-corrected chi connectivity index (χ1v) is 14.2. The van der Waals surface area contributed by atoms with E-state index in [9.17, 15) is 4.79 Å². The predicted molar refractivity (Wildman–Crippen MR) is 148 cm³/mol. The minimum atomic E-state index is -0.0678. The highest BCUT2D eigenvalue weighted by Gasteiger charge is 2.03. The third kappa shape index (κ3) is 13.4. The maximum absolute atomic E-state index is 12.2. The number of nitrogens with zero attached hydrogens (tertiary/aromatic N) is 1. The molecule has 0 unspecified atom stereocenters. The standard InChI is InChI=1S/C31H49NO3/c1-3-4-5-6-7-8-9-10-11-12-13-14-15-16-17-18-24-32-25-23-30(33)31(26-32)35-27-28-19-21-29(34-2)22-20-28/h19-23,25-26H,3-18,24,27H2,1-2H3. The molecule has 4 nitrogen and oxygen atoms in total. The molecular weight excluding hydrogens is 434 g/mol. The molecule has 0 aliphatic carbocycles. The Balaban J connectivity index is 1.48. The van der Waals surface area contributed by atoms with E-state index in [1.807, 2.05) is 36.7 Å². The number of hydrogen-bond acceptors (Lipinski definition) is 3. The summed E-state index contributed by atoms with van der Waals surface area (Å²) in [6.07, 6.45) is 25.7.